The summed E-state index contributed by atoms with van der Waals surface area (Å²) >= 11 is 0. The molecule has 1 N–H and O–H groups in total. The maximum Gasteiger partial charge on any atom is 0.145 e. The summed E-state index contributed by atoms with van der Waals surface area (Å²) in [4.78, 5) is 2.27. The van der Waals surface area contributed by atoms with Crippen molar-refractivity contribution in [2.45, 2.75) is 32.2 Å². The summed E-state index contributed by atoms with van der Waals surface area (Å²) in [5.41, 5.74) is 2.37. The smallest absolute Gasteiger partial charge is 0.145 e. The van der Waals surface area contributed by atoms with Gasteiger partial charge >= 0.3 is 0 Å². The van der Waals surface area contributed by atoms with Gasteiger partial charge in [0.25, 0.3) is 0 Å². The number of aliphatic hydroxyl groups excluding tert-OH is 1. The Morgan fingerprint density at radius 1 is 0.647 bits per heavy atom. The lowest BCUT2D eigenvalue weighted by Crippen LogP contribution is -2.43. The van der Waals surface area contributed by atoms with E-state index in [1.165, 1.54) is 11.1 Å². The molecule has 2 atom stereocenters. The lowest BCUT2D eigenvalue weighted by molar-refractivity contribution is 0.0628. The predicted molar refractivity (Wildman–Crippen MR) is 142 cm³/mol. The molecule has 4 rings (SSSR count). The van der Waals surface area contributed by atoms with Crippen LogP contribution in [0, 0.1) is 0 Å². The SMILES string of the molecule is C[C@@H]([C@@H](O)CP(=O)(c1ccccc1)c1ccccc1)N(Cc1ccccc1)Cc1ccccc1. The third-order valence-electron chi connectivity index (χ3n) is 6.38. The van der Waals surface area contributed by atoms with Crippen molar-refractivity contribution in [2.75, 3.05) is 6.16 Å². The molecule has 3 nitrogen and oxygen atoms in total. The fourth-order valence-electron chi connectivity index (χ4n) is 4.34. The maximum atomic E-state index is 14.5. The summed E-state index contributed by atoms with van der Waals surface area (Å²) in [5.74, 6) is 0. The molecular weight excluding hydrogens is 437 g/mol. The summed E-state index contributed by atoms with van der Waals surface area (Å²) in [5, 5.41) is 13.1. The van der Waals surface area contributed by atoms with Crippen LogP contribution in [0.1, 0.15) is 18.1 Å². The van der Waals surface area contributed by atoms with Crippen LogP contribution in [0.4, 0.5) is 0 Å². The molecule has 0 aliphatic rings. The van der Waals surface area contributed by atoms with E-state index in [1.807, 2.05) is 104 Å². The van der Waals surface area contributed by atoms with Crippen LogP contribution in [0.25, 0.3) is 0 Å². The van der Waals surface area contributed by atoms with E-state index < -0.39 is 13.2 Å². The zero-order valence-corrected chi connectivity index (χ0v) is 20.5. The molecular formula is C30H32NO2P. The lowest BCUT2D eigenvalue weighted by atomic mass is 10.1. The Balaban J connectivity index is 1.62. The average molecular weight is 470 g/mol. The van der Waals surface area contributed by atoms with Crippen LogP contribution in [0.5, 0.6) is 0 Å². The Labute approximate surface area is 203 Å². The van der Waals surface area contributed by atoms with Gasteiger partial charge in [-0.25, -0.2) is 0 Å². The Morgan fingerprint density at radius 2 is 1.00 bits per heavy atom. The fraction of sp³-hybridized carbons (Fsp3) is 0.200. The number of nitrogens with zero attached hydrogens (tertiary/aromatic N) is 1. The first kappa shape index (κ1) is 24.2. The second kappa shape index (κ2) is 11.4. The van der Waals surface area contributed by atoms with Crippen LogP contribution in [0.2, 0.25) is 0 Å². The largest absolute Gasteiger partial charge is 0.391 e. The topological polar surface area (TPSA) is 40.5 Å². The minimum absolute atomic E-state index is 0.193. The fourth-order valence-corrected chi connectivity index (χ4v) is 7.20. The van der Waals surface area contributed by atoms with Crippen molar-refractivity contribution in [1.29, 1.82) is 0 Å². The van der Waals surface area contributed by atoms with Crippen LogP contribution in [-0.2, 0) is 17.7 Å². The van der Waals surface area contributed by atoms with E-state index in [9.17, 15) is 9.67 Å². The molecule has 0 radical (unpaired) electrons. The highest BCUT2D eigenvalue weighted by Crippen LogP contribution is 2.44. The highest BCUT2D eigenvalue weighted by atomic mass is 31.2. The average Bonchev–Trinajstić information content (AvgIpc) is 2.90. The normalized spacial score (nSPS) is 13.5. The summed E-state index contributed by atoms with van der Waals surface area (Å²) in [6, 6.07) is 39.6. The summed E-state index contributed by atoms with van der Waals surface area (Å²) in [6.07, 6.45) is -0.568. The third kappa shape index (κ3) is 5.93. The van der Waals surface area contributed by atoms with Crippen LogP contribution < -0.4 is 10.6 Å². The summed E-state index contributed by atoms with van der Waals surface area (Å²) < 4.78 is 14.5. The predicted octanol–water partition coefficient (Wildman–Crippen LogP) is 5.45. The van der Waals surface area contributed by atoms with Crippen molar-refractivity contribution in [3.05, 3.63) is 132 Å². The van der Waals surface area contributed by atoms with Gasteiger partial charge in [0.05, 0.1) is 6.10 Å². The molecule has 0 saturated heterocycles. The second-order valence-electron chi connectivity index (χ2n) is 8.78. The number of hydrogen-bond donors (Lipinski definition) is 1. The first-order valence-corrected chi connectivity index (χ1v) is 13.7. The number of hydrogen-bond acceptors (Lipinski definition) is 3. The van der Waals surface area contributed by atoms with E-state index in [0.717, 1.165) is 10.6 Å². The van der Waals surface area contributed by atoms with E-state index >= 15 is 0 Å². The molecule has 0 spiro atoms. The van der Waals surface area contributed by atoms with Gasteiger partial charge in [0.2, 0.25) is 0 Å². The highest BCUT2D eigenvalue weighted by Gasteiger charge is 2.33. The standard InChI is InChI=1S/C30H32NO2P/c1-25(31(22-26-14-6-2-7-15-26)23-27-16-8-3-9-17-27)30(32)24-34(33,28-18-10-4-11-19-28)29-20-12-5-13-21-29/h2-21,25,30,32H,22-24H2,1H3/t25-,30-/m0/s1. The van der Waals surface area contributed by atoms with Crippen molar-refractivity contribution in [1.82, 2.24) is 4.90 Å². The van der Waals surface area contributed by atoms with Gasteiger partial charge in [-0.15, -0.1) is 0 Å². The van der Waals surface area contributed by atoms with E-state index in [2.05, 4.69) is 29.2 Å². The van der Waals surface area contributed by atoms with Crippen molar-refractivity contribution in [3.63, 3.8) is 0 Å². The quantitative estimate of drug-likeness (QED) is 0.314. The van der Waals surface area contributed by atoms with Gasteiger partial charge in [0.15, 0.2) is 0 Å². The first-order valence-electron chi connectivity index (χ1n) is 11.8. The zero-order chi connectivity index (χ0) is 23.8. The van der Waals surface area contributed by atoms with Gasteiger partial charge in [-0.05, 0) is 18.1 Å². The highest BCUT2D eigenvalue weighted by molar-refractivity contribution is 7.78. The van der Waals surface area contributed by atoms with Gasteiger partial charge in [0.1, 0.15) is 7.14 Å². The molecule has 0 amide bonds. The number of aliphatic hydroxyl groups is 1. The van der Waals surface area contributed by atoms with Gasteiger partial charge in [0, 0.05) is 35.9 Å². The van der Waals surface area contributed by atoms with Crippen molar-refractivity contribution >= 4 is 17.8 Å². The molecule has 0 heterocycles. The molecule has 4 aromatic rings. The Hall–Kier alpha value is -2.97. The van der Waals surface area contributed by atoms with Gasteiger partial charge in [-0.3, -0.25) is 4.90 Å². The van der Waals surface area contributed by atoms with Crippen molar-refractivity contribution in [3.8, 4) is 0 Å². The molecule has 0 saturated carbocycles. The number of benzene rings is 4. The monoisotopic (exact) mass is 469 g/mol. The van der Waals surface area contributed by atoms with E-state index in [-0.39, 0.29) is 12.2 Å². The van der Waals surface area contributed by atoms with Crippen LogP contribution in [-0.4, -0.2) is 28.3 Å². The molecule has 0 bridgehead atoms. The minimum Gasteiger partial charge on any atom is -0.391 e. The van der Waals surface area contributed by atoms with Crippen LogP contribution >= 0.6 is 7.14 Å². The molecule has 174 valence electrons. The van der Waals surface area contributed by atoms with E-state index in [1.54, 1.807) is 0 Å². The van der Waals surface area contributed by atoms with Crippen molar-refractivity contribution in [2.24, 2.45) is 0 Å². The molecule has 4 heteroatoms. The molecule has 0 aliphatic carbocycles. The van der Waals surface area contributed by atoms with E-state index in [0.29, 0.717) is 13.1 Å². The van der Waals surface area contributed by atoms with Crippen LogP contribution in [0.15, 0.2) is 121 Å². The van der Waals surface area contributed by atoms with Gasteiger partial charge in [-0.1, -0.05) is 121 Å². The molecule has 0 aromatic heterocycles. The van der Waals surface area contributed by atoms with Gasteiger partial charge < -0.3 is 9.67 Å². The first-order chi connectivity index (χ1) is 16.6. The summed E-state index contributed by atoms with van der Waals surface area (Å²) in [7, 11) is -3.02. The minimum atomic E-state index is -3.02. The molecule has 34 heavy (non-hydrogen) atoms. The Bertz CT molecular complexity index is 1100. The zero-order valence-electron chi connectivity index (χ0n) is 19.6. The Kier molecular flexibility index (Phi) is 8.13. The third-order valence-corrected chi connectivity index (χ3v) is 9.53. The molecule has 0 fully saturated rings. The molecule has 0 aliphatic heterocycles. The van der Waals surface area contributed by atoms with Crippen LogP contribution in [0.3, 0.4) is 0 Å². The van der Waals surface area contributed by atoms with Crippen molar-refractivity contribution < 1.29 is 9.67 Å². The molecule has 0 unspecified atom stereocenters. The lowest BCUT2D eigenvalue weighted by Gasteiger charge is -2.34. The number of rotatable bonds is 10. The molecule has 4 aromatic carbocycles. The van der Waals surface area contributed by atoms with Gasteiger partial charge in [-0.2, -0.15) is 0 Å². The maximum absolute atomic E-state index is 14.5. The van der Waals surface area contributed by atoms with E-state index in [4.69, 9.17) is 0 Å². The Morgan fingerprint density at radius 3 is 1.38 bits per heavy atom. The summed E-state index contributed by atoms with van der Waals surface area (Å²) in [6.45, 7) is 3.45. The second-order valence-corrected chi connectivity index (χ2v) is 11.7.